The van der Waals surface area contributed by atoms with Crippen molar-refractivity contribution in [3.63, 3.8) is 0 Å². The summed E-state index contributed by atoms with van der Waals surface area (Å²) in [6.07, 6.45) is 0.745. The van der Waals surface area contributed by atoms with E-state index in [4.69, 9.17) is 9.84 Å². The van der Waals surface area contributed by atoms with Gasteiger partial charge in [-0.05, 0) is 24.8 Å². The molecule has 0 aliphatic rings. The van der Waals surface area contributed by atoms with E-state index in [0.29, 0.717) is 12.6 Å². The van der Waals surface area contributed by atoms with Gasteiger partial charge in [0, 0.05) is 30.7 Å². The first-order chi connectivity index (χ1) is 7.27. The number of thiophene rings is 1. The number of ether oxygens (including phenoxy) is 1. The van der Waals surface area contributed by atoms with Gasteiger partial charge in [0.2, 0.25) is 0 Å². The van der Waals surface area contributed by atoms with Crippen LogP contribution < -0.4 is 5.32 Å². The maximum atomic E-state index is 9.01. The van der Waals surface area contributed by atoms with Gasteiger partial charge in [-0.1, -0.05) is 6.07 Å². The Kier molecular flexibility index (Phi) is 5.86. The summed E-state index contributed by atoms with van der Waals surface area (Å²) in [5.41, 5.74) is 0. The molecule has 1 aromatic heterocycles. The predicted molar refractivity (Wildman–Crippen MR) is 63.2 cm³/mol. The van der Waals surface area contributed by atoms with Gasteiger partial charge in [0.25, 0.3) is 0 Å². The van der Waals surface area contributed by atoms with Crippen molar-refractivity contribution < 1.29 is 9.84 Å². The molecule has 0 saturated carbocycles. The maximum Gasteiger partial charge on any atom is 0.0613 e. The van der Waals surface area contributed by atoms with Crippen LogP contribution >= 0.6 is 11.3 Å². The Morgan fingerprint density at radius 3 is 2.93 bits per heavy atom. The highest BCUT2D eigenvalue weighted by molar-refractivity contribution is 7.10. The summed E-state index contributed by atoms with van der Waals surface area (Å²) in [5.74, 6) is 0. The third-order valence-corrected chi connectivity index (χ3v) is 3.19. The number of rotatable bonds is 7. The first-order valence-corrected chi connectivity index (χ1v) is 6.05. The standard InChI is InChI=1S/C11H19NO2S/c1-9(8-14-2)12-10(5-6-13)11-4-3-7-15-11/h3-4,7,9-10,12-13H,5-6,8H2,1-2H3. The van der Waals surface area contributed by atoms with E-state index in [1.165, 1.54) is 4.88 Å². The van der Waals surface area contributed by atoms with E-state index in [-0.39, 0.29) is 12.6 Å². The third-order valence-electron chi connectivity index (χ3n) is 2.21. The Balaban J connectivity index is 2.51. The van der Waals surface area contributed by atoms with Crippen molar-refractivity contribution in [2.45, 2.75) is 25.4 Å². The highest BCUT2D eigenvalue weighted by Crippen LogP contribution is 2.22. The summed E-state index contributed by atoms with van der Waals surface area (Å²) >= 11 is 1.72. The average Bonchev–Trinajstić information content (AvgIpc) is 2.70. The lowest BCUT2D eigenvalue weighted by atomic mass is 10.1. The van der Waals surface area contributed by atoms with Crippen LogP contribution in [0.15, 0.2) is 17.5 Å². The number of aliphatic hydroxyl groups is 1. The van der Waals surface area contributed by atoms with Gasteiger partial charge in [-0.15, -0.1) is 11.3 Å². The van der Waals surface area contributed by atoms with Crippen molar-refractivity contribution in [1.29, 1.82) is 0 Å². The zero-order chi connectivity index (χ0) is 11.1. The molecule has 0 aliphatic heterocycles. The molecule has 0 saturated heterocycles. The van der Waals surface area contributed by atoms with Crippen molar-refractivity contribution in [2.24, 2.45) is 0 Å². The smallest absolute Gasteiger partial charge is 0.0613 e. The van der Waals surface area contributed by atoms with Gasteiger partial charge >= 0.3 is 0 Å². The van der Waals surface area contributed by atoms with Gasteiger partial charge in [-0.25, -0.2) is 0 Å². The lowest BCUT2D eigenvalue weighted by Gasteiger charge is -2.21. The van der Waals surface area contributed by atoms with Crippen molar-refractivity contribution in [3.05, 3.63) is 22.4 Å². The summed E-state index contributed by atoms with van der Waals surface area (Å²) in [6, 6.07) is 4.67. The van der Waals surface area contributed by atoms with Gasteiger partial charge in [0.05, 0.1) is 6.61 Å². The predicted octanol–water partition coefficient (Wildman–Crippen LogP) is 1.80. The topological polar surface area (TPSA) is 41.5 Å². The fourth-order valence-electron chi connectivity index (χ4n) is 1.57. The molecule has 1 rings (SSSR count). The second kappa shape index (κ2) is 6.95. The van der Waals surface area contributed by atoms with Crippen molar-refractivity contribution in [2.75, 3.05) is 20.3 Å². The number of methoxy groups -OCH3 is 1. The molecule has 2 unspecified atom stereocenters. The molecule has 1 aromatic rings. The lowest BCUT2D eigenvalue weighted by Crippen LogP contribution is -2.33. The second-order valence-corrected chi connectivity index (χ2v) is 4.58. The average molecular weight is 229 g/mol. The van der Waals surface area contributed by atoms with E-state index in [9.17, 15) is 0 Å². The van der Waals surface area contributed by atoms with Crippen molar-refractivity contribution in [1.82, 2.24) is 5.32 Å². The van der Waals surface area contributed by atoms with Crippen LogP contribution in [0.1, 0.15) is 24.3 Å². The van der Waals surface area contributed by atoms with Crippen LogP contribution in [0.2, 0.25) is 0 Å². The fourth-order valence-corrected chi connectivity index (χ4v) is 2.39. The summed E-state index contributed by atoms with van der Waals surface area (Å²) in [6.45, 7) is 2.98. The van der Waals surface area contributed by atoms with Crippen LogP contribution in [0.5, 0.6) is 0 Å². The minimum Gasteiger partial charge on any atom is -0.396 e. The van der Waals surface area contributed by atoms with E-state index in [0.717, 1.165) is 6.42 Å². The summed E-state index contributed by atoms with van der Waals surface area (Å²) in [4.78, 5) is 1.27. The van der Waals surface area contributed by atoms with E-state index < -0.39 is 0 Å². The molecular formula is C11H19NO2S. The van der Waals surface area contributed by atoms with E-state index >= 15 is 0 Å². The van der Waals surface area contributed by atoms with Crippen LogP contribution in [0.4, 0.5) is 0 Å². The van der Waals surface area contributed by atoms with E-state index in [1.54, 1.807) is 18.4 Å². The molecule has 15 heavy (non-hydrogen) atoms. The Hall–Kier alpha value is -0.420. The Morgan fingerprint density at radius 1 is 1.60 bits per heavy atom. The third kappa shape index (κ3) is 4.30. The molecule has 1 heterocycles. The molecule has 0 amide bonds. The number of hydrogen-bond acceptors (Lipinski definition) is 4. The molecule has 0 fully saturated rings. The summed E-state index contributed by atoms with van der Waals surface area (Å²) in [7, 11) is 1.70. The molecule has 2 N–H and O–H groups in total. The molecule has 86 valence electrons. The van der Waals surface area contributed by atoms with Gasteiger partial charge in [-0.2, -0.15) is 0 Å². The molecule has 0 spiro atoms. The largest absolute Gasteiger partial charge is 0.396 e. The number of hydrogen-bond donors (Lipinski definition) is 2. The molecule has 0 aromatic carbocycles. The highest BCUT2D eigenvalue weighted by atomic mass is 32.1. The lowest BCUT2D eigenvalue weighted by molar-refractivity contribution is 0.162. The molecule has 0 bridgehead atoms. The van der Waals surface area contributed by atoms with Gasteiger partial charge in [0.1, 0.15) is 0 Å². The Bertz CT molecular complexity index is 251. The Morgan fingerprint density at radius 2 is 2.40 bits per heavy atom. The zero-order valence-corrected chi connectivity index (χ0v) is 10.1. The van der Waals surface area contributed by atoms with Gasteiger partial charge < -0.3 is 15.2 Å². The number of nitrogens with one attached hydrogen (secondary N) is 1. The second-order valence-electron chi connectivity index (χ2n) is 3.60. The van der Waals surface area contributed by atoms with Crippen LogP contribution in [0.3, 0.4) is 0 Å². The minimum absolute atomic E-state index is 0.204. The molecule has 0 radical (unpaired) electrons. The SMILES string of the molecule is COCC(C)NC(CCO)c1cccs1. The first-order valence-electron chi connectivity index (χ1n) is 5.17. The molecular weight excluding hydrogens is 210 g/mol. The van der Waals surface area contributed by atoms with Gasteiger partial charge in [0.15, 0.2) is 0 Å². The monoisotopic (exact) mass is 229 g/mol. The molecule has 0 aliphatic carbocycles. The van der Waals surface area contributed by atoms with E-state index in [1.807, 2.05) is 6.07 Å². The van der Waals surface area contributed by atoms with E-state index in [2.05, 4.69) is 23.7 Å². The minimum atomic E-state index is 0.204. The van der Waals surface area contributed by atoms with Crippen LogP contribution in [-0.4, -0.2) is 31.5 Å². The van der Waals surface area contributed by atoms with Crippen molar-refractivity contribution in [3.8, 4) is 0 Å². The van der Waals surface area contributed by atoms with Crippen LogP contribution in [-0.2, 0) is 4.74 Å². The first kappa shape index (κ1) is 12.6. The summed E-state index contributed by atoms with van der Waals surface area (Å²) < 4.78 is 5.08. The van der Waals surface area contributed by atoms with Gasteiger partial charge in [-0.3, -0.25) is 0 Å². The highest BCUT2D eigenvalue weighted by Gasteiger charge is 2.14. The van der Waals surface area contributed by atoms with Crippen LogP contribution in [0.25, 0.3) is 0 Å². The molecule has 3 nitrogen and oxygen atoms in total. The van der Waals surface area contributed by atoms with Crippen molar-refractivity contribution >= 4 is 11.3 Å². The maximum absolute atomic E-state index is 9.01. The molecule has 4 heteroatoms. The van der Waals surface area contributed by atoms with Crippen LogP contribution in [0, 0.1) is 0 Å². The zero-order valence-electron chi connectivity index (χ0n) is 9.27. The number of aliphatic hydroxyl groups excluding tert-OH is 1. The normalized spacial score (nSPS) is 15.1. The Labute approximate surface area is 95.1 Å². The molecule has 2 atom stereocenters. The quantitative estimate of drug-likeness (QED) is 0.749. The fraction of sp³-hybridized carbons (Fsp3) is 0.636. The summed E-state index contributed by atoms with van der Waals surface area (Å²) in [5, 5.41) is 14.5.